The van der Waals surface area contributed by atoms with Crippen molar-refractivity contribution in [3.8, 4) is 0 Å². The second-order valence-corrected chi connectivity index (χ2v) is 7.07. The molecule has 1 saturated heterocycles. The summed E-state index contributed by atoms with van der Waals surface area (Å²) in [6, 6.07) is 7.85. The SMILES string of the molecule is Cc1ccccc1CNS(=O)(=O)CC1CCNCC1. The van der Waals surface area contributed by atoms with Crippen molar-refractivity contribution in [2.45, 2.75) is 26.3 Å². The largest absolute Gasteiger partial charge is 0.317 e. The third-order valence-corrected chi connectivity index (χ3v) is 5.15. The monoisotopic (exact) mass is 282 g/mol. The van der Waals surface area contributed by atoms with Crippen molar-refractivity contribution >= 4 is 10.0 Å². The van der Waals surface area contributed by atoms with E-state index in [0.717, 1.165) is 37.1 Å². The minimum atomic E-state index is -3.17. The predicted molar refractivity (Wildman–Crippen MR) is 77.4 cm³/mol. The molecule has 0 atom stereocenters. The van der Waals surface area contributed by atoms with Crippen molar-refractivity contribution in [2.24, 2.45) is 5.92 Å². The maximum atomic E-state index is 12.1. The summed E-state index contributed by atoms with van der Waals surface area (Å²) >= 11 is 0. The fourth-order valence-electron chi connectivity index (χ4n) is 2.41. The van der Waals surface area contributed by atoms with Crippen LogP contribution >= 0.6 is 0 Å². The van der Waals surface area contributed by atoms with Gasteiger partial charge in [0.2, 0.25) is 10.0 Å². The molecule has 0 saturated carbocycles. The van der Waals surface area contributed by atoms with Crippen molar-refractivity contribution in [1.82, 2.24) is 10.0 Å². The van der Waals surface area contributed by atoms with Gasteiger partial charge in [0.1, 0.15) is 0 Å². The molecular formula is C14H22N2O2S. The van der Waals surface area contributed by atoms with Crippen LogP contribution in [0.5, 0.6) is 0 Å². The van der Waals surface area contributed by atoms with E-state index in [0.29, 0.717) is 6.54 Å². The van der Waals surface area contributed by atoms with Gasteiger partial charge < -0.3 is 5.32 Å². The van der Waals surface area contributed by atoms with E-state index in [9.17, 15) is 8.42 Å². The molecule has 5 heteroatoms. The molecule has 1 fully saturated rings. The van der Waals surface area contributed by atoms with Gasteiger partial charge in [-0.2, -0.15) is 0 Å². The summed E-state index contributed by atoms with van der Waals surface area (Å²) in [6.07, 6.45) is 1.90. The molecule has 0 unspecified atom stereocenters. The minimum absolute atomic E-state index is 0.251. The number of hydrogen-bond acceptors (Lipinski definition) is 3. The summed E-state index contributed by atoms with van der Waals surface area (Å²) in [6.45, 7) is 4.24. The van der Waals surface area contributed by atoms with E-state index in [-0.39, 0.29) is 11.7 Å². The van der Waals surface area contributed by atoms with E-state index in [4.69, 9.17) is 0 Å². The molecule has 0 amide bonds. The number of rotatable bonds is 5. The quantitative estimate of drug-likeness (QED) is 0.858. The van der Waals surface area contributed by atoms with Gasteiger partial charge >= 0.3 is 0 Å². The van der Waals surface area contributed by atoms with Crippen LogP contribution < -0.4 is 10.0 Å². The van der Waals surface area contributed by atoms with E-state index < -0.39 is 10.0 Å². The predicted octanol–water partition coefficient (Wildman–Crippen LogP) is 1.41. The van der Waals surface area contributed by atoms with Crippen LogP contribution in [-0.4, -0.2) is 27.3 Å². The number of piperidine rings is 1. The average Bonchev–Trinajstić information content (AvgIpc) is 2.38. The molecule has 2 rings (SSSR count). The van der Waals surface area contributed by atoms with Crippen LogP contribution in [0.2, 0.25) is 0 Å². The first-order valence-electron chi connectivity index (χ1n) is 6.79. The molecule has 106 valence electrons. The molecule has 0 bridgehead atoms. The summed E-state index contributed by atoms with van der Waals surface area (Å²) in [7, 11) is -3.17. The molecule has 0 radical (unpaired) electrons. The highest BCUT2D eigenvalue weighted by molar-refractivity contribution is 7.89. The average molecular weight is 282 g/mol. The smallest absolute Gasteiger partial charge is 0.212 e. The zero-order valence-corrected chi connectivity index (χ0v) is 12.2. The maximum absolute atomic E-state index is 12.1. The van der Waals surface area contributed by atoms with Crippen molar-refractivity contribution in [3.05, 3.63) is 35.4 Å². The van der Waals surface area contributed by atoms with Crippen LogP contribution in [0.4, 0.5) is 0 Å². The first kappa shape index (κ1) is 14.5. The van der Waals surface area contributed by atoms with Crippen LogP contribution in [0.1, 0.15) is 24.0 Å². The Labute approximate surface area is 115 Å². The van der Waals surface area contributed by atoms with Gasteiger partial charge in [-0.25, -0.2) is 13.1 Å². The summed E-state index contributed by atoms with van der Waals surface area (Å²) in [4.78, 5) is 0. The number of aryl methyl sites for hydroxylation is 1. The fraction of sp³-hybridized carbons (Fsp3) is 0.571. The summed E-state index contributed by atoms with van der Waals surface area (Å²) in [5.74, 6) is 0.538. The Hall–Kier alpha value is -0.910. The minimum Gasteiger partial charge on any atom is -0.317 e. The molecule has 1 aliphatic heterocycles. The van der Waals surface area contributed by atoms with E-state index in [1.165, 1.54) is 0 Å². The zero-order valence-electron chi connectivity index (χ0n) is 11.4. The molecule has 19 heavy (non-hydrogen) atoms. The van der Waals surface area contributed by atoms with Gasteiger partial charge in [0, 0.05) is 6.54 Å². The molecule has 0 aliphatic carbocycles. The highest BCUT2D eigenvalue weighted by Gasteiger charge is 2.20. The Morgan fingerprint density at radius 2 is 1.95 bits per heavy atom. The summed E-state index contributed by atoms with van der Waals surface area (Å²) < 4.78 is 26.8. The molecule has 1 aromatic carbocycles. The topological polar surface area (TPSA) is 58.2 Å². The highest BCUT2D eigenvalue weighted by atomic mass is 32.2. The van der Waals surface area contributed by atoms with Crippen LogP contribution in [0.15, 0.2) is 24.3 Å². The molecule has 1 heterocycles. The standard InChI is InChI=1S/C14H22N2O2S/c1-12-4-2-3-5-14(12)10-16-19(17,18)11-13-6-8-15-9-7-13/h2-5,13,15-16H,6-11H2,1H3. The lowest BCUT2D eigenvalue weighted by Crippen LogP contribution is -2.35. The maximum Gasteiger partial charge on any atom is 0.212 e. The van der Waals surface area contributed by atoms with Crippen LogP contribution in [0, 0.1) is 12.8 Å². The lowest BCUT2D eigenvalue weighted by atomic mass is 10.0. The number of hydrogen-bond donors (Lipinski definition) is 2. The lowest BCUT2D eigenvalue weighted by Gasteiger charge is -2.22. The third-order valence-electron chi connectivity index (χ3n) is 3.66. The van der Waals surface area contributed by atoms with Gasteiger partial charge in [0.15, 0.2) is 0 Å². The van der Waals surface area contributed by atoms with Crippen LogP contribution in [-0.2, 0) is 16.6 Å². The normalized spacial score (nSPS) is 17.5. The fourth-order valence-corrected chi connectivity index (χ4v) is 3.86. The van der Waals surface area contributed by atoms with Crippen molar-refractivity contribution in [3.63, 3.8) is 0 Å². The Balaban J connectivity index is 1.88. The van der Waals surface area contributed by atoms with Gasteiger partial charge in [-0.05, 0) is 49.9 Å². The Kier molecular flexibility index (Phi) is 4.96. The van der Waals surface area contributed by atoms with E-state index in [2.05, 4.69) is 10.0 Å². The molecule has 0 aromatic heterocycles. The molecule has 4 nitrogen and oxygen atoms in total. The van der Waals surface area contributed by atoms with Crippen LogP contribution in [0.25, 0.3) is 0 Å². The van der Waals surface area contributed by atoms with E-state index in [1.807, 2.05) is 31.2 Å². The van der Waals surface area contributed by atoms with Crippen LogP contribution in [0.3, 0.4) is 0 Å². The first-order chi connectivity index (χ1) is 9.07. The van der Waals surface area contributed by atoms with Crippen molar-refractivity contribution < 1.29 is 8.42 Å². The Morgan fingerprint density at radius 1 is 1.26 bits per heavy atom. The van der Waals surface area contributed by atoms with Gasteiger partial charge in [-0.3, -0.25) is 0 Å². The molecule has 1 aromatic rings. The third kappa shape index (κ3) is 4.60. The Bertz CT molecular complexity index is 508. The number of sulfonamides is 1. The van der Waals surface area contributed by atoms with Gasteiger partial charge in [0.05, 0.1) is 5.75 Å². The summed E-state index contributed by atoms with van der Waals surface area (Å²) in [5, 5.41) is 3.25. The van der Waals surface area contributed by atoms with Gasteiger partial charge in [0.25, 0.3) is 0 Å². The van der Waals surface area contributed by atoms with E-state index >= 15 is 0 Å². The second-order valence-electron chi connectivity index (χ2n) is 5.22. The number of benzene rings is 1. The molecule has 2 N–H and O–H groups in total. The lowest BCUT2D eigenvalue weighted by molar-refractivity contribution is 0.400. The molecular weight excluding hydrogens is 260 g/mol. The van der Waals surface area contributed by atoms with E-state index in [1.54, 1.807) is 0 Å². The van der Waals surface area contributed by atoms with Gasteiger partial charge in [-0.15, -0.1) is 0 Å². The Morgan fingerprint density at radius 3 is 2.63 bits per heavy atom. The molecule has 0 spiro atoms. The summed E-state index contributed by atoms with van der Waals surface area (Å²) in [5.41, 5.74) is 2.16. The van der Waals surface area contributed by atoms with Crippen molar-refractivity contribution in [2.75, 3.05) is 18.8 Å². The zero-order chi connectivity index (χ0) is 13.7. The van der Waals surface area contributed by atoms with Gasteiger partial charge in [-0.1, -0.05) is 24.3 Å². The highest BCUT2D eigenvalue weighted by Crippen LogP contribution is 2.14. The molecule has 1 aliphatic rings. The van der Waals surface area contributed by atoms with Crippen molar-refractivity contribution in [1.29, 1.82) is 0 Å². The second kappa shape index (κ2) is 6.50. The first-order valence-corrected chi connectivity index (χ1v) is 8.44. The number of nitrogens with one attached hydrogen (secondary N) is 2.